The van der Waals surface area contributed by atoms with Gasteiger partial charge in [0.1, 0.15) is 11.3 Å². The Kier molecular flexibility index (Phi) is 2.97. The van der Waals surface area contributed by atoms with Crippen molar-refractivity contribution in [3.05, 3.63) is 0 Å². The summed E-state index contributed by atoms with van der Waals surface area (Å²) in [6.45, 7) is 7.48. The highest BCUT2D eigenvalue weighted by Gasteiger charge is 2.50. The van der Waals surface area contributed by atoms with Crippen molar-refractivity contribution < 1.29 is 14.3 Å². The Morgan fingerprint density at radius 1 is 1.44 bits per heavy atom. The van der Waals surface area contributed by atoms with Gasteiger partial charge in [0, 0.05) is 12.8 Å². The van der Waals surface area contributed by atoms with Crippen LogP contribution in [-0.2, 0) is 14.3 Å². The molecule has 16 heavy (non-hydrogen) atoms. The number of hydrogen-bond acceptors (Lipinski definition) is 4. The Balaban J connectivity index is 1.81. The van der Waals surface area contributed by atoms with Gasteiger partial charge in [0.25, 0.3) is 0 Å². The van der Waals surface area contributed by atoms with Crippen LogP contribution in [0.1, 0.15) is 40.0 Å². The third-order valence-corrected chi connectivity index (χ3v) is 3.04. The largest absolute Gasteiger partial charge is 0.460 e. The summed E-state index contributed by atoms with van der Waals surface area (Å²) in [6, 6.07) is 0. The van der Waals surface area contributed by atoms with Crippen LogP contribution in [-0.4, -0.2) is 30.4 Å². The zero-order valence-electron chi connectivity index (χ0n) is 10.3. The highest BCUT2D eigenvalue weighted by molar-refractivity contribution is 5.74. The van der Waals surface area contributed by atoms with Crippen molar-refractivity contribution in [2.24, 2.45) is 5.92 Å². The minimum absolute atomic E-state index is 0.00447. The first-order valence-corrected chi connectivity index (χ1v) is 6.02. The van der Waals surface area contributed by atoms with Crippen molar-refractivity contribution in [3.63, 3.8) is 0 Å². The van der Waals surface area contributed by atoms with Gasteiger partial charge in [-0.05, 0) is 33.7 Å². The fourth-order valence-electron chi connectivity index (χ4n) is 2.26. The molecule has 1 saturated carbocycles. The van der Waals surface area contributed by atoms with E-state index in [1.807, 2.05) is 20.8 Å². The molecule has 1 spiro atoms. The summed E-state index contributed by atoms with van der Waals surface area (Å²) in [6.07, 6.45) is 2.56. The van der Waals surface area contributed by atoms with Gasteiger partial charge >= 0.3 is 5.97 Å². The fourth-order valence-corrected chi connectivity index (χ4v) is 2.26. The van der Waals surface area contributed by atoms with Gasteiger partial charge in [0.2, 0.25) is 0 Å². The molecule has 2 rings (SSSR count). The van der Waals surface area contributed by atoms with E-state index < -0.39 is 0 Å². The predicted molar refractivity (Wildman–Crippen MR) is 59.9 cm³/mol. The maximum atomic E-state index is 11.8. The average molecular weight is 227 g/mol. The van der Waals surface area contributed by atoms with E-state index >= 15 is 0 Å². The van der Waals surface area contributed by atoms with Crippen LogP contribution in [0, 0.1) is 5.92 Å². The third-order valence-electron chi connectivity index (χ3n) is 3.04. The maximum absolute atomic E-state index is 11.8. The van der Waals surface area contributed by atoms with Gasteiger partial charge in [0.15, 0.2) is 0 Å². The summed E-state index contributed by atoms with van der Waals surface area (Å²) in [4.78, 5) is 11.8. The number of carbonyl (C=O) groups is 1. The third kappa shape index (κ3) is 2.55. The second kappa shape index (κ2) is 4.00. The lowest BCUT2D eigenvalue weighted by Gasteiger charge is -2.49. The van der Waals surface area contributed by atoms with Crippen LogP contribution in [0.4, 0.5) is 0 Å². The Morgan fingerprint density at radius 3 is 2.62 bits per heavy atom. The minimum Gasteiger partial charge on any atom is -0.460 e. The SMILES string of the molecule is CC(C)(C)OC(=O)C1CC2(C1)NCCCO2. The number of carbonyl (C=O) groups excluding carboxylic acids is 1. The van der Waals surface area contributed by atoms with Crippen LogP contribution in [0.5, 0.6) is 0 Å². The van der Waals surface area contributed by atoms with E-state index in [-0.39, 0.29) is 23.2 Å². The zero-order chi connectivity index (χ0) is 11.8. The number of ether oxygens (including phenoxy) is 2. The second-order valence-electron chi connectivity index (χ2n) is 5.76. The average Bonchev–Trinajstić information content (AvgIpc) is 2.12. The van der Waals surface area contributed by atoms with Gasteiger partial charge in [-0.25, -0.2) is 0 Å². The van der Waals surface area contributed by atoms with E-state index in [2.05, 4.69) is 5.32 Å². The van der Waals surface area contributed by atoms with Crippen molar-refractivity contribution in [1.82, 2.24) is 5.32 Å². The molecular formula is C12H21NO3. The van der Waals surface area contributed by atoms with Crippen LogP contribution in [0.25, 0.3) is 0 Å². The molecule has 0 unspecified atom stereocenters. The summed E-state index contributed by atoms with van der Waals surface area (Å²) in [7, 11) is 0. The van der Waals surface area contributed by atoms with Crippen molar-refractivity contribution in [1.29, 1.82) is 0 Å². The van der Waals surface area contributed by atoms with Gasteiger partial charge in [-0.2, -0.15) is 0 Å². The lowest BCUT2D eigenvalue weighted by atomic mass is 9.76. The van der Waals surface area contributed by atoms with Crippen LogP contribution in [0.2, 0.25) is 0 Å². The van der Waals surface area contributed by atoms with Crippen molar-refractivity contribution in [3.8, 4) is 0 Å². The number of hydrogen-bond donors (Lipinski definition) is 1. The van der Waals surface area contributed by atoms with E-state index in [1.165, 1.54) is 0 Å². The highest BCUT2D eigenvalue weighted by Crippen LogP contribution is 2.41. The Morgan fingerprint density at radius 2 is 2.12 bits per heavy atom. The van der Waals surface area contributed by atoms with E-state index in [9.17, 15) is 4.79 Å². The monoisotopic (exact) mass is 227 g/mol. The van der Waals surface area contributed by atoms with E-state index in [0.717, 1.165) is 32.4 Å². The quantitative estimate of drug-likeness (QED) is 0.689. The van der Waals surface area contributed by atoms with Crippen LogP contribution in [0.15, 0.2) is 0 Å². The first-order chi connectivity index (χ1) is 7.40. The van der Waals surface area contributed by atoms with E-state index in [0.29, 0.717) is 0 Å². The molecule has 1 saturated heterocycles. The van der Waals surface area contributed by atoms with Crippen molar-refractivity contribution in [2.45, 2.75) is 51.4 Å². The van der Waals surface area contributed by atoms with Crippen LogP contribution in [0.3, 0.4) is 0 Å². The molecule has 0 aromatic rings. The molecule has 0 amide bonds. The van der Waals surface area contributed by atoms with Crippen molar-refractivity contribution >= 4 is 5.97 Å². The summed E-state index contributed by atoms with van der Waals surface area (Å²) in [5, 5.41) is 3.35. The first-order valence-electron chi connectivity index (χ1n) is 6.02. The van der Waals surface area contributed by atoms with Crippen molar-refractivity contribution in [2.75, 3.05) is 13.2 Å². The fraction of sp³-hybridized carbons (Fsp3) is 0.917. The molecule has 0 bridgehead atoms. The van der Waals surface area contributed by atoms with Crippen LogP contribution >= 0.6 is 0 Å². The number of nitrogens with one attached hydrogen (secondary N) is 1. The molecular weight excluding hydrogens is 206 g/mol. The van der Waals surface area contributed by atoms with Gasteiger partial charge in [-0.1, -0.05) is 0 Å². The highest BCUT2D eigenvalue weighted by atomic mass is 16.6. The molecule has 1 aliphatic carbocycles. The lowest BCUT2D eigenvalue weighted by molar-refractivity contribution is -0.197. The zero-order valence-corrected chi connectivity index (χ0v) is 10.3. The molecule has 92 valence electrons. The van der Waals surface area contributed by atoms with Crippen LogP contribution < -0.4 is 5.32 Å². The molecule has 0 radical (unpaired) electrons. The summed E-state index contributed by atoms with van der Waals surface area (Å²) in [5.41, 5.74) is -0.611. The van der Waals surface area contributed by atoms with E-state index in [1.54, 1.807) is 0 Å². The van der Waals surface area contributed by atoms with E-state index in [4.69, 9.17) is 9.47 Å². The molecule has 1 heterocycles. The summed E-state index contributed by atoms with van der Waals surface area (Å²) in [5.74, 6) is -0.0843. The molecule has 4 heteroatoms. The molecule has 1 N–H and O–H groups in total. The second-order valence-corrected chi connectivity index (χ2v) is 5.76. The van der Waals surface area contributed by atoms with Gasteiger partial charge in [-0.3, -0.25) is 10.1 Å². The molecule has 4 nitrogen and oxygen atoms in total. The lowest BCUT2D eigenvalue weighted by Crippen LogP contribution is -2.61. The molecule has 2 fully saturated rings. The smallest absolute Gasteiger partial charge is 0.309 e. The van der Waals surface area contributed by atoms with Gasteiger partial charge < -0.3 is 9.47 Å². The molecule has 0 atom stereocenters. The standard InChI is InChI=1S/C12H21NO3/c1-11(2,3)16-10(14)9-7-12(8-9)13-5-4-6-15-12/h9,13H,4-8H2,1-3H3. The van der Waals surface area contributed by atoms with Gasteiger partial charge in [-0.15, -0.1) is 0 Å². The van der Waals surface area contributed by atoms with Gasteiger partial charge in [0.05, 0.1) is 12.5 Å². The Hall–Kier alpha value is -0.610. The molecule has 0 aromatic carbocycles. The summed E-state index contributed by atoms with van der Waals surface area (Å²) >= 11 is 0. The number of esters is 1. The first kappa shape index (κ1) is 11.9. The summed E-state index contributed by atoms with van der Waals surface area (Å²) < 4.78 is 11.0. The molecule has 2 aliphatic rings. The normalized spacial score (nSPS) is 34.6. The Bertz CT molecular complexity index is 268. The Labute approximate surface area is 96.7 Å². The topological polar surface area (TPSA) is 47.6 Å². The molecule has 1 aliphatic heterocycles. The molecule has 0 aromatic heterocycles. The minimum atomic E-state index is -0.388. The number of rotatable bonds is 1. The maximum Gasteiger partial charge on any atom is 0.309 e. The predicted octanol–water partition coefficient (Wildman–Crippen LogP) is 1.44.